The van der Waals surface area contributed by atoms with Gasteiger partial charge in [-0.15, -0.1) is 0 Å². The number of nitrogens with zero attached hydrogens (tertiary/aromatic N) is 1. The smallest absolute Gasteiger partial charge is 0.410 e. The summed E-state index contributed by atoms with van der Waals surface area (Å²) in [6.45, 7) is 0.784. The number of ether oxygens (including phenoxy) is 1. The Morgan fingerprint density at radius 2 is 1.59 bits per heavy atom. The van der Waals surface area contributed by atoms with Crippen molar-refractivity contribution in [2.75, 3.05) is 6.61 Å². The van der Waals surface area contributed by atoms with Gasteiger partial charge in [0.2, 0.25) is 0 Å². The van der Waals surface area contributed by atoms with E-state index >= 15 is 0 Å². The van der Waals surface area contributed by atoms with Crippen LogP contribution in [0.2, 0.25) is 0 Å². The lowest BCUT2D eigenvalue weighted by Crippen LogP contribution is -2.34. The van der Waals surface area contributed by atoms with E-state index in [0.717, 1.165) is 18.4 Å². The van der Waals surface area contributed by atoms with Crippen LogP contribution in [-0.2, 0) is 11.3 Å². The number of carbonyl (C=O) groups excluding carboxylic acids is 1. The quantitative estimate of drug-likeness (QED) is 0.648. The highest BCUT2D eigenvalue weighted by Crippen LogP contribution is 2.44. The van der Waals surface area contributed by atoms with Gasteiger partial charge in [0.05, 0.1) is 0 Å². The van der Waals surface area contributed by atoms with Crippen LogP contribution in [0.25, 0.3) is 11.1 Å². The standard InChI is InChI=1S/C25H23NO3/c27-19-7-5-6-17(14-19)15-26(18-12-13-18)25(28)29-16-24-22-10-3-1-8-20(22)21-9-2-4-11-23(21)24/h1-11,14,18,24,27H,12-13,15-16H2. The van der Waals surface area contributed by atoms with Crippen molar-refractivity contribution in [1.82, 2.24) is 4.90 Å². The van der Waals surface area contributed by atoms with Crippen molar-refractivity contribution >= 4 is 6.09 Å². The molecule has 0 bridgehead atoms. The number of carbonyl (C=O) groups is 1. The van der Waals surface area contributed by atoms with Gasteiger partial charge in [0.1, 0.15) is 12.4 Å². The van der Waals surface area contributed by atoms with Crippen molar-refractivity contribution in [2.24, 2.45) is 0 Å². The largest absolute Gasteiger partial charge is 0.508 e. The summed E-state index contributed by atoms with van der Waals surface area (Å²) in [5, 5.41) is 9.72. The van der Waals surface area contributed by atoms with E-state index in [1.165, 1.54) is 22.3 Å². The monoisotopic (exact) mass is 385 g/mol. The predicted molar refractivity (Wildman–Crippen MR) is 112 cm³/mol. The second-order valence-corrected chi connectivity index (χ2v) is 7.83. The maximum absolute atomic E-state index is 12.9. The fraction of sp³-hybridized carbons (Fsp3) is 0.240. The zero-order chi connectivity index (χ0) is 19.8. The van der Waals surface area contributed by atoms with E-state index in [0.29, 0.717) is 13.2 Å². The van der Waals surface area contributed by atoms with Gasteiger partial charge in [-0.3, -0.25) is 0 Å². The Labute approximate surface area is 170 Å². The van der Waals surface area contributed by atoms with Crippen LogP contribution in [0, 0.1) is 0 Å². The molecule has 0 unspecified atom stereocenters. The first-order chi connectivity index (χ1) is 14.2. The second kappa shape index (κ2) is 7.28. The number of phenols is 1. The molecule has 2 aliphatic rings. The minimum Gasteiger partial charge on any atom is -0.508 e. The third-order valence-corrected chi connectivity index (χ3v) is 5.82. The lowest BCUT2D eigenvalue weighted by molar-refractivity contribution is 0.0944. The molecule has 5 rings (SSSR count). The maximum Gasteiger partial charge on any atom is 0.410 e. The van der Waals surface area contributed by atoms with Crippen molar-refractivity contribution in [1.29, 1.82) is 0 Å². The number of fused-ring (bicyclic) bond motifs is 3. The molecule has 1 amide bonds. The van der Waals surface area contributed by atoms with Gasteiger partial charge < -0.3 is 14.7 Å². The van der Waals surface area contributed by atoms with Crippen LogP contribution in [-0.4, -0.2) is 28.7 Å². The molecule has 4 nitrogen and oxygen atoms in total. The lowest BCUT2D eigenvalue weighted by Gasteiger charge is -2.23. The molecule has 1 saturated carbocycles. The van der Waals surface area contributed by atoms with E-state index in [4.69, 9.17) is 4.74 Å². The van der Waals surface area contributed by atoms with Gasteiger partial charge >= 0.3 is 6.09 Å². The first-order valence-electron chi connectivity index (χ1n) is 10.1. The van der Waals surface area contributed by atoms with E-state index in [2.05, 4.69) is 24.3 Å². The minimum atomic E-state index is -0.280. The van der Waals surface area contributed by atoms with Gasteiger partial charge in [0.25, 0.3) is 0 Å². The van der Waals surface area contributed by atoms with Crippen LogP contribution in [0.1, 0.15) is 35.4 Å². The number of amides is 1. The van der Waals surface area contributed by atoms with E-state index in [-0.39, 0.29) is 23.8 Å². The van der Waals surface area contributed by atoms with Crippen molar-refractivity contribution < 1.29 is 14.6 Å². The molecule has 2 aliphatic carbocycles. The summed E-state index contributed by atoms with van der Waals surface area (Å²) >= 11 is 0. The Kier molecular flexibility index (Phi) is 4.47. The van der Waals surface area contributed by atoms with Crippen molar-refractivity contribution in [3.05, 3.63) is 89.5 Å². The summed E-state index contributed by atoms with van der Waals surface area (Å²) in [5.74, 6) is 0.277. The highest BCUT2D eigenvalue weighted by molar-refractivity contribution is 5.79. The highest BCUT2D eigenvalue weighted by Gasteiger charge is 2.35. The SMILES string of the molecule is O=C(OCC1c2ccccc2-c2ccccc21)N(Cc1cccc(O)c1)C1CC1. The summed E-state index contributed by atoms with van der Waals surface area (Å²) in [7, 11) is 0. The molecule has 3 aromatic rings. The summed E-state index contributed by atoms with van der Waals surface area (Å²) in [4.78, 5) is 14.7. The van der Waals surface area contributed by atoms with Gasteiger partial charge in [-0.05, 0) is 52.8 Å². The molecule has 0 atom stereocenters. The molecule has 0 radical (unpaired) electrons. The Bertz CT molecular complexity index is 1010. The van der Waals surface area contributed by atoms with Gasteiger partial charge in [0, 0.05) is 18.5 Å². The van der Waals surface area contributed by atoms with Crippen molar-refractivity contribution in [3.8, 4) is 16.9 Å². The van der Waals surface area contributed by atoms with Crippen molar-refractivity contribution in [3.63, 3.8) is 0 Å². The first kappa shape index (κ1) is 17.8. The number of hydrogen-bond donors (Lipinski definition) is 1. The van der Waals surface area contributed by atoms with Crippen molar-refractivity contribution in [2.45, 2.75) is 31.3 Å². The van der Waals surface area contributed by atoms with Crippen LogP contribution in [0.5, 0.6) is 5.75 Å². The maximum atomic E-state index is 12.9. The van der Waals surface area contributed by atoms with E-state index < -0.39 is 0 Å². The third kappa shape index (κ3) is 3.46. The molecule has 0 aromatic heterocycles. The number of rotatable bonds is 5. The van der Waals surface area contributed by atoms with E-state index in [1.807, 2.05) is 30.3 Å². The Hall–Kier alpha value is -3.27. The molecule has 0 aliphatic heterocycles. The van der Waals surface area contributed by atoms with Crippen LogP contribution in [0.4, 0.5) is 4.79 Å². The molecule has 0 spiro atoms. The molecule has 1 fully saturated rings. The molecule has 0 heterocycles. The molecular formula is C25H23NO3. The average Bonchev–Trinajstić information content (AvgIpc) is 3.53. The Balaban J connectivity index is 1.33. The molecule has 4 heteroatoms. The van der Waals surface area contributed by atoms with Gasteiger partial charge in [0.15, 0.2) is 0 Å². The summed E-state index contributed by atoms with van der Waals surface area (Å²) in [6.07, 6.45) is 1.73. The molecule has 146 valence electrons. The zero-order valence-corrected chi connectivity index (χ0v) is 16.1. The summed E-state index contributed by atoms with van der Waals surface area (Å²) in [6, 6.07) is 24.0. The minimum absolute atomic E-state index is 0.0631. The van der Waals surface area contributed by atoms with Crippen LogP contribution >= 0.6 is 0 Å². The van der Waals surface area contributed by atoms with Crippen LogP contribution in [0.3, 0.4) is 0 Å². The Morgan fingerprint density at radius 1 is 0.931 bits per heavy atom. The van der Waals surface area contributed by atoms with Crippen LogP contribution < -0.4 is 0 Å². The number of aromatic hydroxyl groups is 1. The number of hydrogen-bond acceptors (Lipinski definition) is 3. The molecular weight excluding hydrogens is 362 g/mol. The fourth-order valence-corrected chi connectivity index (χ4v) is 4.26. The number of phenolic OH excluding ortho intramolecular Hbond substituents is 1. The topological polar surface area (TPSA) is 49.8 Å². The molecule has 3 aromatic carbocycles. The fourth-order valence-electron chi connectivity index (χ4n) is 4.26. The molecule has 0 saturated heterocycles. The number of benzene rings is 3. The van der Waals surface area contributed by atoms with Gasteiger partial charge in [-0.25, -0.2) is 4.79 Å². The third-order valence-electron chi connectivity index (χ3n) is 5.82. The Morgan fingerprint density at radius 3 is 2.21 bits per heavy atom. The normalized spacial score (nSPS) is 14.9. The first-order valence-corrected chi connectivity index (χ1v) is 10.1. The van der Waals surface area contributed by atoms with Gasteiger partial charge in [-0.1, -0.05) is 60.7 Å². The van der Waals surface area contributed by atoms with E-state index in [1.54, 1.807) is 23.1 Å². The molecule has 1 N–H and O–H groups in total. The second-order valence-electron chi connectivity index (χ2n) is 7.83. The average molecular weight is 385 g/mol. The van der Waals surface area contributed by atoms with Gasteiger partial charge in [-0.2, -0.15) is 0 Å². The molecule has 29 heavy (non-hydrogen) atoms. The predicted octanol–water partition coefficient (Wildman–Crippen LogP) is 5.31. The summed E-state index contributed by atoms with van der Waals surface area (Å²) in [5.41, 5.74) is 5.79. The van der Waals surface area contributed by atoms with Crippen LogP contribution in [0.15, 0.2) is 72.8 Å². The van der Waals surface area contributed by atoms with E-state index in [9.17, 15) is 9.90 Å². The lowest BCUT2D eigenvalue weighted by atomic mass is 9.98. The summed E-state index contributed by atoms with van der Waals surface area (Å²) < 4.78 is 5.83. The zero-order valence-electron chi connectivity index (χ0n) is 16.1. The highest BCUT2D eigenvalue weighted by atomic mass is 16.6.